The van der Waals surface area contributed by atoms with Crippen LogP contribution < -0.4 is 0 Å². The molecule has 0 rings (SSSR count). The number of ether oxygens (including phenoxy) is 13. The van der Waals surface area contributed by atoms with E-state index in [1.165, 1.54) is 0 Å². The van der Waals surface area contributed by atoms with Gasteiger partial charge in [-0.1, -0.05) is 39.5 Å². The first kappa shape index (κ1) is 53.0. The SMILES string of the molecule is C=CC(=O)OCCOCC(COCCOC(=O)C=C)(COCCOC(=O)C=C)COCC(COCCOC(=O)C=C)(COCCOC(=O)C=C)OCCOC(=O)C=C. The van der Waals surface area contributed by atoms with Crippen molar-refractivity contribution in [3.8, 4) is 0 Å². The summed E-state index contributed by atoms with van der Waals surface area (Å²) in [5, 5.41) is 0. The highest BCUT2D eigenvalue weighted by Crippen LogP contribution is 2.23. The predicted molar refractivity (Wildman–Crippen MR) is 203 cm³/mol. The van der Waals surface area contributed by atoms with Gasteiger partial charge in [-0.2, -0.15) is 0 Å². The molecule has 0 aromatic heterocycles. The molecule has 0 amide bonds. The second-order valence-electron chi connectivity index (χ2n) is 11.5. The third kappa shape index (κ3) is 27.6. The molecule has 58 heavy (non-hydrogen) atoms. The molecule has 0 aliphatic heterocycles. The zero-order valence-electron chi connectivity index (χ0n) is 32.9. The molecule has 0 aliphatic carbocycles. The molecular weight excluding hydrogens is 772 g/mol. The third-order valence-corrected chi connectivity index (χ3v) is 6.82. The third-order valence-electron chi connectivity index (χ3n) is 6.82. The minimum absolute atomic E-state index is 0.0414. The molecule has 0 atom stereocenters. The molecule has 0 saturated heterocycles. The van der Waals surface area contributed by atoms with Crippen LogP contribution in [0.15, 0.2) is 75.9 Å². The van der Waals surface area contributed by atoms with E-state index in [2.05, 4.69) is 39.5 Å². The fourth-order valence-corrected chi connectivity index (χ4v) is 4.10. The van der Waals surface area contributed by atoms with Crippen molar-refractivity contribution in [2.24, 2.45) is 5.41 Å². The number of hydrogen-bond donors (Lipinski definition) is 0. The maximum Gasteiger partial charge on any atom is 0.330 e. The lowest BCUT2D eigenvalue weighted by Crippen LogP contribution is -2.50. The van der Waals surface area contributed by atoms with E-state index in [-0.39, 0.29) is 126 Å². The molecule has 0 aromatic rings. The van der Waals surface area contributed by atoms with Crippen LogP contribution in [0.3, 0.4) is 0 Å². The van der Waals surface area contributed by atoms with E-state index in [1.54, 1.807) is 0 Å². The van der Waals surface area contributed by atoms with Gasteiger partial charge in [0.2, 0.25) is 0 Å². The molecule has 0 unspecified atom stereocenters. The van der Waals surface area contributed by atoms with Crippen molar-refractivity contribution < 1.29 is 90.3 Å². The number of carbonyl (C=O) groups is 6. The van der Waals surface area contributed by atoms with Crippen molar-refractivity contribution in [2.75, 3.05) is 126 Å². The fraction of sp³-hybridized carbons (Fsp3) is 0.538. The maximum atomic E-state index is 11.7. The van der Waals surface area contributed by atoms with Crippen LogP contribution in [0.5, 0.6) is 0 Å². The van der Waals surface area contributed by atoms with Crippen LogP contribution in [-0.2, 0) is 90.3 Å². The molecule has 0 aliphatic rings. The quantitative estimate of drug-likeness (QED) is 0.0368. The standard InChI is InChI=1S/C39H56O19/c1-7-32(40)52-18-13-46-25-38(26-47-14-19-53-33(41)8-2,27-48-15-20-54-34(42)9-3)28-51-31-39(58-24-23-57-37(45)12-6,29-49-16-21-55-35(43)10-4)30-50-17-22-56-36(44)11-5/h7-12H,1-6,13-31H2. The molecular formula is C39H56O19. The molecule has 19 nitrogen and oxygen atoms in total. The van der Waals surface area contributed by atoms with Crippen molar-refractivity contribution >= 4 is 35.8 Å². The van der Waals surface area contributed by atoms with Gasteiger partial charge < -0.3 is 61.6 Å². The van der Waals surface area contributed by atoms with Gasteiger partial charge in [-0.05, 0) is 0 Å². The van der Waals surface area contributed by atoms with Crippen LogP contribution in [-0.4, -0.2) is 167 Å². The highest BCUT2D eigenvalue weighted by atomic mass is 16.6. The van der Waals surface area contributed by atoms with Gasteiger partial charge in [0.25, 0.3) is 0 Å². The Bertz CT molecular complexity index is 1210. The lowest BCUT2D eigenvalue weighted by Gasteiger charge is -2.37. The molecule has 0 N–H and O–H groups in total. The molecule has 0 fully saturated rings. The van der Waals surface area contributed by atoms with E-state index < -0.39 is 46.8 Å². The average Bonchev–Trinajstić information content (AvgIpc) is 3.23. The Balaban J connectivity index is 6.42. The van der Waals surface area contributed by atoms with Crippen molar-refractivity contribution in [3.05, 3.63) is 75.9 Å². The molecule has 0 radical (unpaired) electrons. The lowest BCUT2D eigenvalue weighted by molar-refractivity contribution is -0.190. The maximum absolute atomic E-state index is 11.7. The van der Waals surface area contributed by atoms with Crippen molar-refractivity contribution in [3.63, 3.8) is 0 Å². The van der Waals surface area contributed by atoms with Gasteiger partial charge in [0.1, 0.15) is 45.2 Å². The van der Waals surface area contributed by atoms with Crippen LogP contribution in [0, 0.1) is 5.41 Å². The zero-order chi connectivity index (χ0) is 43.3. The number of carbonyl (C=O) groups excluding carboxylic acids is 6. The molecule has 326 valence electrons. The summed E-state index contributed by atoms with van der Waals surface area (Å²) in [7, 11) is 0. The summed E-state index contributed by atoms with van der Waals surface area (Å²) in [6.07, 6.45) is 6.00. The molecule has 0 saturated carbocycles. The smallest absolute Gasteiger partial charge is 0.330 e. The average molecular weight is 829 g/mol. The minimum atomic E-state index is -1.43. The van der Waals surface area contributed by atoms with Crippen LogP contribution in [0.25, 0.3) is 0 Å². The first-order valence-corrected chi connectivity index (χ1v) is 17.8. The Labute approximate surface area is 338 Å². The summed E-state index contributed by atoms with van der Waals surface area (Å²) in [6, 6.07) is 0. The molecule has 0 heterocycles. The summed E-state index contributed by atoms with van der Waals surface area (Å²) in [4.78, 5) is 69.4. The lowest BCUT2D eigenvalue weighted by atomic mass is 9.92. The van der Waals surface area contributed by atoms with Crippen LogP contribution in [0.1, 0.15) is 0 Å². The van der Waals surface area contributed by atoms with Gasteiger partial charge in [0.05, 0.1) is 91.3 Å². The zero-order valence-corrected chi connectivity index (χ0v) is 32.9. The predicted octanol–water partition coefficient (Wildman–Crippen LogP) is 1.20. The summed E-state index contributed by atoms with van der Waals surface area (Å²) in [6.45, 7) is 17.8. The molecule has 0 spiro atoms. The van der Waals surface area contributed by atoms with E-state index in [0.717, 1.165) is 36.5 Å². The fourth-order valence-electron chi connectivity index (χ4n) is 4.10. The first-order chi connectivity index (χ1) is 27.9. The summed E-state index contributed by atoms with van der Waals surface area (Å²) in [5.74, 6) is -3.94. The van der Waals surface area contributed by atoms with E-state index in [9.17, 15) is 28.8 Å². The summed E-state index contributed by atoms with van der Waals surface area (Å²) >= 11 is 0. The van der Waals surface area contributed by atoms with Crippen LogP contribution in [0.2, 0.25) is 0 Å². The van der Waals surface area contributed by atoms with E-state index >= 15 is 0 Å². The van der Waals surface area contributed by atoms with E-state index in [1.807, 2.05) is 0 Å². The van der Waals surface area contributed by atoms with E-state index in [4.69, 9.17) is 61.6 Å². The Hall–Kier alpha value is -5.02. The Morgan fingerprint density at radius 2 is 0.534 bits per heavy atom. The van der Waals surface area contributed by atoms with Gasteiger partial charge in [0.15, 0.2) is 0 Å². The van der Waals surface area contributed by atoms with E-state index in [0.29, 0.717) is 0 Å². The number of hydrogen-bond acceptors (Lipinski definition) is 19. The highest BCUT2D eigenvalue weighted by molar-refractivity contribution is 5.82. The van der Waals surface area contributed by atoms with Crippen molar-refractivity contribution in [1.82, 2.24) is 0 Å². The van der Waals surface area contributed by atoms with Gasteiger partial charge in [0, 0.05) is 36.5 Å². The molecule has 0 bridgehead atoms. The second kappa shape index (κ2) is 34.1. The van der Waals surface area contributed by atoms with Gasteiger partial charge in [-0.15, -0.1) is 0 Å². The molecule has 0 aromatic carbocycles. The topological polar surface area (TPSA) is 222 Å². The van der Waals surface area contributed by atoms with Gasteiger partial charge >= 0.3 is 35.8 Å². The largest absolute Gasteiger partial charge is 0.460 e. The Morgan fingerprint density at radius 1 is 0.310 bits per heavy atom. The Morgan fingerprint density at radius 3 is 0.810 bits per heavy atom. The first-order valence-electron chi connectivity index (χ1n) is 17.8. The minimum Gasteiger partial charge on any atom is -0.460 e. The second-order valence-corrected chi connectivity index (χ2v) is 11.5. The van der Waals surface area contributed by atoms with Crippen molar-refractivity contribution in [1.29, 1.82) is 0 Å². The van der Waals surface area contributed by atoms with Crippen LogP contribution >= 0.6 is 0 Å². The van der Waals surface area contributed by atoms with Gasteiger partial charge in [-0.3, -0.25) is 0 Å². The summed E-state index contributed by atoms with van der Waals surface area (Å²) in [5.41, 5.74) is -2.56. The van der Waals surface area contributed by atoms with Crippen molar-refractivity contribution in [2.45, 2.75) is 5.60 Å². The Kier molecular flexibility index (Phi) is 31.1. The summed E-state index contributed by atoms with van der Waals surface area (Å²) < 4.78 is 71.8. The van der Waals surface area contributed by atoms with Gasteiger partial charge in [-0.25, -0.2) is 28.8 Å². The number of rotatable bonds is 39. The molecule has 19 heteroatoms. The normalized spacial score (nSPS) is 11.0. The monoisotopic (exact) mass is 828 g/mol. The van der Waals surface area contributed by atoms with Crippen LogP contribution in [0.4, 0.5) is 0 Å². The highest BCUT2D eigenvalue weighted by Gasteiger charge is 2.37. The number of esters is 6.